The van der Waals surface area contributed by atoms with Gasteiger partial charge in [-0.25, -0.2) is 0 Å². The van der Waals surface area contributed by atoms with Gasteiger partial charge in [-0.05, 0) is 29.8 Å². The number of phenols is 1. The van der Waals surface area contributed by atoms with Gasteiger partial charge in [0, 0.05) is 16.7 Å². The van der Waals surface area contributed by atoms with Crippen LogP contribution in [0.5, 0.6) is 11.5 Å². The molecule has 104 valence electrons. The van der Waals surface area contributed by atoms with Gasteiger partial charge in [-0.15, -0.1) is 11.8 Å². The first-order chi connectivity index (χ1) is 9.58. The van der Waals surface area contributed by atoms with Crippen molar-refractivity contribution >= 4 is 17.4 Å². The molecule has 2 aromatic carbocycles. The van der Waals surface area contributed by atoms with E-state index in [1.165, 1.54) is 31.0 Å². The van der Waals surface area contributed by atoms with Crippen molar-refractivity contribution < 1.29 is 14.8 Å². The summed E-state index contributed by atoms with van der Waals surface area (Å²) in [5.74, 6) is 1.22. The summed E-state index contributed by atoms with van der Waals surface area (Å²) in [5.41, 5.74) is 0.806. The van der Waals surface area contributed by atoms with Crippen LogP contribution in [0.1, 0.15) is 5.56 Å². The summed E-state index contributed by atoms with van der Waals surface area (Å²) in [6, 6.07) is 11.6. The van der Waals surface area contributed by atoms with Gasteiger partial charge in [0.15, 0.2) is 0 Å². The molecule has 0 radical (unpaired) electrons. The summed E-state index contributed by atoms with van der Waals surface area (Å²) in [4.78, 5) is 11.3. The van der Waals surface area contributed by atoms with E-state index in [2.05, 4.69) is 0 Å². The number of thioether (sulfide) groups is 1. The van der Waals surface area contributed by atoms with E-state index in [4.69, 9.17) is 4.74 Å². The Morgan fingerprint density at radius 2 is 2.10 bits per heavy atom. The normalized spacial score (nSPS) is 10.2. The van der Waals surface area contributed by atoms with Gasteiger partial charge in [0.05, 0.1) is 18.1 Å². The molecule has 0 aliphatic heterocycles. The molecule has 6 heteroatoms. The number of rotatable bonds is 5. The molecule has 0 bridgehead atoms. The number of nitro benzene ring substituents is 1. The molecule has 0 unspecified atom stereocenters. The van der Waals surface area contributed by atoms with Gasteiger partial charge in [0.2, 0.25) is 0 Å². The Labute approximate surface area is 120 Å². The number of hydrogen-bond donors (Lipinski definition) is 1. The fourth-order valence-electron chi connectivity index (χ4n) is 1.69. The Morgan fingerprint density at radius 1 is 1.30 bits per heavy atom. The highest BCUT2D eigenvalue weighted by atomic mass is 32.2. The van der Waals surface area contributed by atoms with Crippen LogP contribution < -0.4 is 4.74 Å². The molecular formula is C14H13NO4S. The molecule has 20 heavy (non-hydrogen) atoms. The number of nitro groups is 1. The lowest BCUT2D eigenvalue weighted by atomic mass is 10.2. The maximum absolute atomic E-state index is 10.9. The van der Waals surface area contributed by atoms with Crippen LogP contribution in [-0.2, 0) is 5.75 Å². The summed E-state index contributed by atoms with van der Waals surface area (Å²) >= 11 is 1.49. The molecule has 2 aromatic rings. The van der Waals surface area contributed by atoms with Gasteiger partial charge in [-0.2, -0.15) is 0 Å². The Balaban J connectivity index is 2.16. The molecule has 0 heterocycles. The van der Waals surface area contributed by atoms with Crippen molar-refractivity contribution in [2.75, 3.05) is 7.11 Å². The average molecular weight is 291 g/mol. The van der Waals surface area contributed by atoms with Crippen LogP contribution >= 0.6 is 11.8 Å². The van der Waals surface area contributed by atoms with Crippen molar-refractivity contribution in [2.24, 2.45) is 0 Å². The molecule has 0 aromatic heterocycles. The molecule has 0 atom stereocenters. The smallest absolute Gasteiger partial charge is 0.273 e. The van der Waals surface area contributed by atoms with Crippen molar-refractivity contribution in [1.82, 2.24) is 0 Å². The molecule has 1 N–H and O–H groups in total. The number of non-ortho nitro benzene ring substituents is 1. The summed E-state index contributed by atoms with van der Waals surface area (Å²) in [7, 11) is 1.48. The van der Waals surface area contributed by atoms with Crippen LogP contribution in [0.4, 0.5) is 5.69 Å². The van der Waals surface area contributed by atoms with Crippen LogP contribution in [0.15, 0.2) is 47.4 Å². The van der Waals surface area contributed by atoms with Gasteiger partial charge in [0.25, 0.3) is 5.69 Å². The van der Waals surface area contributed by atoms with E-state index in [0.717, 1.165) is 10.5 Å². The zero-order chi connectivity index (χ0) is 14.5. The minimum atomic E-state index is -0.439. The summed E-state index contributed by atoms with van der Waals surface area (Å²) in [6.07, 6.45) is 0. The lowest BCUT2D eigenvalue weighted by molar-refractivity contribution is -0.385. The highest BCUT2D eigenvalue weighted by Crippen LogP contribution is 2.29. The zero-order valence-electron chi connectivity index (χ0n) is 10.8. The van der Waals surface area contributed by atoms with Crippen molar-refractivity contribution in [3.8, 4) is 11.5 Å². The molecule has 0 aliphatic rings. The lowest BCUT2D eigenvalue weighted by Crippen LogP contribution is -1.93. The molecule has 2 rings (SSSR count). The number of methoxy groups -OCH3 is 1. The van der Waals surface area contributed by atoms with E-state index in [-0.39, 0.29) is 11.4 Å². The third-order valence-corrected chi connectivity index (χ3v) is 3.69. The minimum absolute atomic E-state index is 0.0101. The Kier molecular flexibility index (Phi) is 4.47. The number of nitrogens with zero attached hydrogens (tertiary/aromatic N) is 1. The van der Waals surface area contributed by atoms with E-state index in [0.29, 0.717) is 11.5 Å². The van der Waals surface area contributed by atoms with E-state index >= 15 is 0 Å². The third-order valence-electron chi connectivity index (χ3n) is 2.62. The number of ether oxygens (including phenoxy) is 1. The van der Waals surface area contributed by atoms with Crippen molar-refractivity contribution in [3.63, 3.8) is 0 Å². The van der Waals surface area contributed by atoms with Crippen molar-refractivity contribution in [3.05, 3.63) is 58.1 Å². The number of phenolic OH excluding ortho intramolecular Hbond substituents is 1. The largest absolute Gasteiger partial charge is 0.508 e. The van der Waals surface area contributed by atoms with Gasteiger partial charge < -0.3 is 9.84 Å². The molecule has 0 saturated heterocycles. The monoisotopic (exact) mass is 291 g/mol. The fourth-order valence-corrected chi connectivity index (χ4v) is 2.57. The van der Waals surface area contributed by atoms with E-state index in [1.54, 1.807) is 24.3 Å². The van der Waals surface area contributed by atoms with Crippen LogP contribution in [0, 0.1) is 10.1 Å². The topological polar surface area (TPSA) is 72.6 Å². The molecule has 0 spiro atoms. The first-order valence-corrected chi connectivity index (χ1v) is 6.81. The van der Waals surface area contributed by atoms with Gasteiger partial charge in [0.1, 0.15) is 11.5 Å². The zero-order valence-corrected chi connectivity index (χ0v) is 11.6. The number of benzene rings is 2. The first kappa shape index (κ1) is 14.2. The van der Waals surface area contributed by atoms with Crippen LogP contribution in [-0.4, -0.2) is 17.1 Å². The molecule has 0 aliphatic carbocycles. The Bertz CT molecular complexity index is 630. The van der Waals surface area contributed by atoms with Gasteiger partial charge >= 0.3 is 0 Å². The van der Waals surface area contributed by atoms with Crippen LogP contribution in [0.2, 0.25) is 0 Å². The second kappa shape index (κ2) is 6.29. The van der Waals surface area contributed by atoms with E-state index < -0.39 is 4.92 Å². The summed E-state index contributed by atoms with van der Waals surface area (Å²) in [5, 5.41) is 20.2. The summed E-state index contributed by atoms with van der Waals surface area (Å²) < 4.78 is 5.06. The molecule has 0 saturated carbocycles. The first-order valence-electron chi connectivity index (χ1n) is 5.82. The highest BCUT2D eigenvalue weighted by molar-refractivity contribution is 7.98. The molecular weight excluding hydrogens is 278 g/mol. The fraction of sp³-hybridized carbons (Fsp3) is 0.143. The molecule has 0 fully saturated rings. The summed E-state index contributed by atoms with van der Waals surface area (Å²) in [6.45, 7) is 0. The third kappa shape index (κ3) is 3.64. The average Bonchev–Trinajstić information content (AvgIpc) is 2.45. The van der Waals surface area contributed by atoms with Gasteiger partial charge in [-0.1, -0.05) is 6.07 Å². The Morgan fingerprint density at radius 3 is 2.75 bits per heavy atom. The quantitative estimate of drug-likeness (QED) is 0.517. The van der Waals surface area contributed by atoms with E-state index in [1.807, 2.05) is 6.07 Å². The number of aromatic hydroxyl groups is 1. The molecule has 5 nitrogen and oxygen atoms in total. The lowest BCUT2D eigenvalue weighted by Gasteiger charge is -2.05. The maximum Gasteiger partial charge on any atom is 0.273 e. The SMILES string of the molecule is COc1cc(CSc2cccc(O)c2)cc([N+](=O)[O-])c1. The number of hydrogen-bond acceptors (Lipinski definition) is 5. The van der Waals surface area contributed by atoms with Crippen LogP contribution in [0.3, 0.4) is 0 Å². The standard InChI is InChI=1S/C14H13NO4S/c1-19-13-6-10(5-11(7-13)15(17)18)9-20-14-4-2-3-12(16)8-14/h2-8,16H,9H2,1H3. The minimum Gasteiger partial charge on any atom is -0.508 e. The predicted molar refractivity (Wildman–Crippen MR) is 77.3 cm³/mol. The van der Waals surface area contributed by atoms with Crippen molar-refractivity contribution in [1.29, 1.82) is 0 Å². The van der Waals surface area contributed by atoms with Crippen LogP contribution in [0.25, 0.3) is 0 Å². The predicted octanol–water partition coefficient (Wildman–Crippen LogP) is 3.60. The van der Waals surface area contributed by atoms with Gasteiger partial charge in [-0.3, -0.25) is 10.1 Å². The second-order valence-corrected chi connectivity index (χ2v) is 5.13. The maximum atomic E-state index is 10.9. The Hall–Kier alpha value is -2.21. The highest BCUT2D eigenvalue weighted by Gasteiger charge is 2.10. The second-order valence-electron chi connectivity index (χ2n) is 4.08. The van der Waals surface area contributed by atoms with Crippen molar-refractivity contribution in [2.45, 2.75) is 10.6 Å². The molecule has 0 amide bonds. The van der Waals surface area contributed by atoms with E-state index in [9.17, 15) is 15.2 Å².